The first-order valence-corrected chi connectivity index (χ1v) is 6.87. The van der Waals surface area contributed by atoms with Gasteiger partial charge in [0, 0.05) is 25.4 Å². The summed E-state index contributed by atoms with van der Waals surface area (Å²) in [7, 11) is 0. The van der Waals surface area contributed by atoms with Gasteiger partial charge in [-0.3, -0.25) is 9.59 Å². The third-order valence-corrected chi connectivity index (χ3v) is 4.74. The first-order valence-electron chi connectivity index (χ1n) is 6.24. The second-order valence-electron chi connectivity index (χ2n) is 5.39. The summed E-state index contributed by atoms with van der Waals surface area (Å²) in [5, 5.41) is 0. The Morgan fingerprint density at radius 2 is 1.88 bits per heavy atom. The van der Waals surface area contributed by atoms with Gasteiger partial charge < -0.3 is 10.6 Å². The van der Waals surface area contributed by atoms with Gasteiger partial charge in [0.2, 0.25) is 11.8 Å². The highest BCUT2D eigenvalue weighted by Gasteiger charge is 2.44. The van der Waals surface area contributed by atoms with Crippen molar-refractivity contribution < 1.29 is 9.59 Å². The Morgan fingerprint density at radius 1 is 1.29 bits per heavy atom. The third kappa shape index (κ3) is 2.94. The summed E-state index contributed by atoms with van der Waals surface area (Å²) in [5.74, 6) is 0.751. The van der Waals surface area contributed by atoms with E-state index in [2.05, 4.69) is 12.6 Å². The van der Waals surface area contributed by atoms with Crippen LogP contribution in [0.5, 0.6) is 0 Å². The van der Waals surface area contributed by atoms with Gasteiger partial charge in [0.05, 0.1) is 0 Å². The van der Waals surface area contributed by atoms with E-state index in [0.717, 1.165) is 31.4 Å². The van der Waals surface area contributed by atoms with Crippen molar-refractivity contribution in [2.75, 3.05) is 18.8 Å². The second-order valence-corrected chi connectivity index (χ2v) is 5.71. The second kappa shape index (κ2) is 4.88. The minimum atomic E-state index is -0.230. The summed E-state index contributed by atoms with van der Waals surface area (Å²) >= 11 is 4.31. The number of rotatable bonds is 4. The van der Waals surface area contributed by atoms with E-state index in [0.29, 0.717) is 19.5 Å². The van der Waals surface area contributed by atoms with Crippen molar-refractivity contribution >= 4 is 24.4 Å². The van der Waals surface area contributed by atoms with Gasteiger partial charge in [-0.05, 0) is 36.9 Å². The Kier molecular flexibility index (Phi) is 3.66. The Labute approximate surface area is 107 Å². The molecule has 0 atom stereocenters. The van der Waals surface area contributed by atoms with Gasteiger partial charge in [-0.1, -0.05) is 0 Å². The first-order chi connectivity index (χ1) is 8.06. The number of nitrogens with zero attached hydrogens (tertiary/aromatic N) is 1. The standard InChI is InChI=1S/C12H20N2O2S/c13-11(16)9-1-5-14(6-2-9)10(15)7-12(8-17)3-4-12/h9,17H,1-8H2,(H2,13,16). The molecule has 4 nitrogen and oxygen atoms in total. The van der Waals surface area contributed by atoms with Crippen LogP contribution in [-0.2, 0) is 9.59 Å². The molecule has 2 N–H and O–H groups in total. The molecule has 0 aromatic heterocycles. The topological polar surface area (TPSA) is 63.4 Å². The molecule has 1 saturated heterocycles. The molecule has 0 bridgehead atoms. The van der Waals surface area contributed by atoms with Crippen LogP contribution in [0.3, 0.4) is 0 Å². The molecule has 2 amide bonds. The minimum absolute atomic E-state index is 0.0428. The molecule has 2 rings (SSSR count). The molecule has 0 unspecified atom stereocenters. The quantitative estimate of drug-likeness (QED) is 0.731. The predicted octanol–water partition coefficient (Wildman–Crippen LogP) is 0.810. The van der Waals surface area contributed by atoms with Crippen molar-refractivity contribution in [3.63, 3.8) is 0 Å². The zero-order chi connectivity index (χ0) is 12.5. The molecule has 96 valence electrons. The highest BCUT2D eigenvalue weighted by atomic mass is 32.1. The molecule has 2 fully saturated rings. The summed E-state index contributed by atoms with van der Waals surface area (Å²) in [6, 6.07) is 0. The van der Waals surface area contributed by atoms with E-state index in [-0.39, 0.29) is 23.1 Å². The lowest BCUT2D eigenvalue weighted by atomic mass is 9.95. The van der Waals surface area contributed by atoms with Crippen molar-refractivity contribution in [3.8, 4) is 0 Å². The molecule has 0 radical (unpaired) electrons. The zero-order valence-electron chi connectivity index (χ0n) is 10.0. The van der Waals surface area contributed by atoms with Crippen molar-refractivity contribution in [2.24, 2.45) is 17.1 Å². The Bertz CT molecular complexity index is 320. The van der Waals surface area contributed by atoms with Gasteiger partial charge >= 0.3 is 0 Å². The SMILES string of the molecule is NC(=O)C1CCN(C(=O)CC2(CS)CC2)CC1. The van der Waals surface area contributed by atoms with Crippen molar-refractivity contribution in [3.05, 3.63) is 0 Å². The Morgan fingerprint density at radius 3 is 2.29 bits per heavy atom. The fourth-order valence-corrected chi connectivity index (χ4v) is 2.84. The number of nitrogens with two attached hydrogens (primary N) is 1. The van der Waals surface area contributed by atoms with Gasteiger partial charge in [-0.25, -0.2) is 0 Å². The van der Waals surface area contributed by atoms with Gasteiger partial charge in [-0.15, -0.1) is 0 Å². The molecule has 0 aromatic carbocycles. The lowest BCUT2D eigenvalue weighted by Crippen LogP contribution is -2.42. The van der Waals surface area contributed by atoms with E-state index >= 15 is 0 Å². The van der Waals surface area contributed by atoms with E-state index in [9.17, 15) is 9.59 Å². The maximum atomic E-state index is 12.1. The summed E-state index contributed by atoms with van der Waals surface area (Å²) < 4.78 is 0. The van der Waals surface area contributed by atoms with Crippen LogP contribution in [0.2, 0.25) is 0 Å². The van der Waals surface area contributed by atoms with Gasteiger partial charge in [0.25, 0.3) is 0 Å². The minimum Gasteiger partial charge on any atom is -0.369 e. The predicted molar refractivity (Wildman–Crippen MR) is 68.6 cm³/mol. The van der Waals surface area contributed by atoms with Crippen LogP contribution >= 0.6 is 12.6 Å². The van der Waals surface area contributed by atoms with Crippen molar-refractivity contribution in [2.45, 2.75) is 32.1 Å². The molecule has 0 aromatic rings. The lowest BCUT2D eigenvalue weighted by molar-refractivity contribution is -0.135. The van der Waals surface area contributed by atoms with Crippen LogP contribution in [0.15, 0.2) is 0 Å². The highest BCUT2D eigenvalue weighted by Crippen LogP contribution is 2.49. The lowest BCUT2D eigenvalue weighted by Gasteiger charge is -2.31. The first kappa shape index (κ1) is 12.7. The Hall–Kier alpha value is -0.710. The number of carbonyl (C=O) groups is 2. The third-order valence-electron chi connectivity index (χ3n) is 4.07. The van der Waals surface area contributed by atoms with Crippen LogP contribution < -0.4 is 5.73 Å². The largest absolute Gasteiger partial charge is 0.369 e. The molecule has 1 saturated carbocycles. The normalized spacial score (nSPS) is 23.5. The average Bonchev–Trinajstić information content (AvgIpc) is 3.09. The number of likely N-dealkylation sites (tertiary alicyclic amines) is 1. The molecule has 5 heteroatoms. The van der Waals surface area contributed by atoms with E-state index in [1.54, 1.807) is 0 Å². The van der Waals surface area contributed by atoms with Crippen molar-refractivity contribution in [1.29, 1.82) is 0 Å². The van der Waals surface area contributed by atoms with Gasteiger partial charge in [0.1, 0.15) is 0 Å². The molecular weight excluding hydrogens is 236 g/mol. The van der Waals surface area contributed by atoms with Crippen LogP contribution in [0.25, 0.3) is 0 Å². The summed E-state index contributed by atoms with van der Waals surface area (Å²) in [4.78, 5) is 25.0. The van der Waals surface area contributed by atoms with Crippen LogP contribution in [-0.4, -0.2) is 35.6 Å². The fraction of sp³-hybridized carbons (Fsp3) is 0.833. The molecule has 2 aliphatic rings. The number of primary amides is 1. The summed E-state index contributed by atoms with van der Waals surface area (Å²) in [6.45, 7) is 1.35. The number of carbonyl (C=O) groups excluding carboxylic acids is 2. The molecule has 1 aliphatic heterocycles. The van der Waals surface area contributed by atoms with E-state index in [1.807, 2.05) is 4.90 Å². The smallest absolute Gasteiger partial charge is 0.223 e. The number of amides is 2. The van der Waals surface area contributed by atoms with Gasteiger partial charge in [-0.2, -0.15) is 12.6 Å². The molecule has 17 heavy (non-hydrogen) atoms. The van der Waals surface area contributed by atoms with E-state index < -0.39 is 0 Å². The number of thiol groups is 1. The summed E-state index contributed by atoms with van der Waals surface area (Å²) in [6.07, 6.45) is 4.31. The maximum absolute atomic E-state index is 12.1. The van der Waals surface area contributed by atoms with Crippen LogP contribution in [0.1, 0.15) is 32.1 Å². The number of piperidine rings is 1. The monoisotopic (exact) mass is 256 g/mol. The summed E-state index contributed by atoms with van der Waals surface area (Å²) in [5.41, 5.74) is 5.45. The molecule has 1 aliphatic carbocycles. The number of hydrogen-bond donors (Lipinski definition) is 2. The van der Waals surface area contributed by atoms with Gasteiger partial charge in [0.15, 0.2) is 0 Å². The highest BCUT2D eigenvalue weighted by molar-refractivity contribution is 7.80. The molecular formula is C12H20N2O2S. The van der Waals surface area contributed by atoms with Crippen LogP contribution in [0, 0.1) is 11.3 Å². The van der Waals surface area contributed by atoms with Crippen molar-refractivity contribution in [1.82, 2.24) is 4.90 Å². The Balaban J connectivity index is 1.80. The zero-order valence-corrected chi connectivity index (χ0v) is 10.9. The average molecular weight is 256 g/mol. The molecule has 0 spiro atoms. The number of hydrogen-bond acceptors (Lipinski definition) is 3. The fourth-order valence-electron chi connectivity index (χ4n) is 2.41. The van der Waals surface area contributed by atoms with E-state index in [1.165, 1.54) is 0 Å². The van der Waals surface area contributed by atoms with Crippen LogP contribution in [0.4, 0.5) is 0 Å². The molecule has 1 heterocycles. The maximum Gasteiger partial charge on any atom is 0.223 e. The van der Waals surface area contributed by atoms with E-state index in [4.69, 9.17) is 5.73 Å².